The molecule has 0 amide bonds. The zero-order chi connectivity index (χ0) is 11.6. The highest BCUT2D eigenvalue weighted by Gasteiger charge is 2.37. The Morgan fingerprint density at radius 2 is 1.88 bits per heavy atom. The van der Waals surface area contributed by atoms with Crippen LogP contribution in [0.1, 0.15) is 31.7 Å². The van der Waals surface area contributed by atoms with Crippen LogP contribution >= 0.6 is 0 Å². The summed E-state index contributed by atoms with van der Waals surface area (Å²) in [6.45, 7) is 1.74. The van der Waals surface area contributed by atoms with E-state index in [0.29, 0.717) is 0 Å². The van der Waals surface area contributed by atoms with E-state index in [-0.39, 0.29) is 17.6 Å². The second kappa shape index (κ2) is 4.13. The molecule has 1 aliphatic rings. The lowest BCUT2D eigenvalue weighted by molar-refractivity contribution is -0.0157. The number of benzene rings is 1. The zero-order valence-electron chi connectivity index (χ0n) is 9.47. The molecule has 3 heteroatoms. The Balaban J connectivity index is 1.97. The molecule has 0 aliphatic heterocycles. The first-order valence-corrected chi connectivity index (χ1v) is 5.70. The van der Waals surface area contributed by atoms with E-state index >= 15 is 0 Å². The Hall–Kier alpha value is -0.960. The summed E-state index contributed by atoms with van der Waals surface area (Å²) in [5.41, 5.74) is 0.0171. The smallest absolute Gasteiger partial charge is 0.285 e. The van der Waals surface area contributed by atoms with Crippen LogP contribution in [0.4, 0.5) is 8.78 Å². The molecule has 1 aliphatic carbocycles. The van der Waals surface area contributed by atoms with Gasteiger partial charge in [0, 0.05) is 11.1 Å². The van der Waals surface area contributed by atoms with Gasteiger partial charge >= 0.3 is 0 Å². The van der Waals surface area contributed by atoms with Gasteiger partial charge in [-0.15, -0.1) is 0 Å². The molecule has 0 aromatic heterocycles. The number of hydrogen-bond donors (Lipinski definition) is 1. The number of alkyl halides is 2. The van der Waals surface area contributed by atoms with Crippen LogP contribution in [-0.4, -0.2) is 12.1 Å². The van der Waals surface area contributed by atoms with Crippen molar-refractivity contribution in [2.24, 2.45) is 0 Å². The van der Waals surface area contributed by atoms with Crippen LogP contribution in [0.2, 0.25) is 0 Å². The summed E-state index contributed by atoms with van der Waals surface area (Å²) in [5.74, 6) is -2.78. The number of hydrogen-bond acceptors (Lipinski definition) is 1. The molecule has 0 atom stereocenters. The molecule has 0 spiro atoms. The molecule has 0 heterocycles. The van der Waals surface area contributed by atoms with E-state index in [1.807, 2.05) is 6.92 Å². The summed E-state index contributed by atoms with van der Waals surface area (Å²) in [5, 5.41) is 2.98. The molecule has 1 saturated carbocycles. The molecule has 88 valence electrons. The molecule has 0 unspecified atom stereocenters. The first-order valence-electron chi connectivity index (χ1n) is 5.70. The highest BCUT2D eigenvalue weighted by Crippen LogP contribution is 2.33. The predicted octanol–water partition coefficient (Wildman–Crippen LogP) is 3.31. The number of rotatable bonds is 4. The van der Waals surface area contributed by atoms with Crippen LogP contribution in [-0.2, 0) is 5.92 Å². The van der Waals surface area contributed by atoms with Gasteiger partial charge < -0.3 is 5.32 Å². The third-order valence-electron chi connectivity index (χ3n) is 3.39. The minimum absolute atomic E-state index is 0.0712. The van der Waals surface area contributed by atoms with E-state index in [4.69, 9.17) is 0 Å². The van der Waals surface area contributed by atoms with Gasteiger partial charge in [0.2, 0.25) is 0 Å². The van der Waals surface area contributed by atoms with E-state index in [1.165, 1.54) is 12.1 Å². The SMILES string of the molecule is CC1(NCC(F)(F)c2ccccc2)CCC1. The van der Waals surface area contributed by atoms with Crippen molar-refractivity contribution in [3.05, 3.63) is 35.9 Å². The summed E-state index contributed by atoms with van der Waals surface area (Å²) < 4.78 is 27.6. The van der Waals surface area contributed by atoms with Crippen molar-refractivity contribution in [3.8, 4) is 0 Å². The average molecular weight is 225 g/mol. The van der Waals surface area contributed by atoms with Crippen molar-refractivity contribution in [1.82, 2.24) is 5.32 Å². The molecule has 1 fully saturated rings. The highest BCUT2D eigenvalue weighted by molar-refractivity contribution is 5.20. The van der Waals surface area contributed by atoms with Gasteiger partial charge in [-0.1, -0.05) is 30.3 Å². The van der Waals surface area contributed by atoms with E-state index in [1.54, 1.807) is 18.2 Å². The summed E-state index contributed by atoms with van der Waals surface area (Å²) in [7, 11) is 0. The van der Waals surface area contributed by atoms with Crippen molar-refractivity contribution in [3.63, 3.8) is 0 Å². The maximum absolute atomic E-state index is 13.8. The molecule has 16 heavy (non-hydrogen) atoms. The van der Waals surface area contributed by atoms with Gasteiger partial charge in [-0.3, -0.25) is 0 Å². The lowest BCUT2D eigenvalue weighted by atomic mass is 9.78. The molecular weight excluding hydrogens is 208 g/mol. The number of halogens is 2. The molecule has 0 radical (unpaired) electrons. The zero-order valence-corrected chi connectivity index (χ0v) is 9.47. The van der Waals surface area contributed by atoms with Crippen molar-refractivity contribution >= 4 is 0 Å². The van der Waals surface area contributed by atoms with Crippen LogP contribution in [0.3, 0.4) is 0 Å². The molecule has 0 saturated heterocycles. The topological polar surface area (TPSA) is 12.0 Å². The standard InChI is InChI=1S/C13H17F2N/c1-12(8-5-9-12)16-10-13(14,15)11-6-3-2-4-7-11/h2-4,6-7,16H,5,8-10H2,1H3. The van der Waals surface area contributed by atoms with E-state index in [9.17, 15) is 8.78 Å². The van der Waals surface area contributed by atoms with Gasteiger partial charge in [0.05, 0.1) is 6.54 Å². The second-order valence-electron chi connectivity index (χ2n) is 4.84. The third-order valence-corrected chi connectivity index (χ3v) is 3.39. The largest absolute Gasteiger partial charge is 0.306 e. The summed E-state index contributed by atoms with van der Waals surface area (Å²) in [6, 6.07) is 8.00. The molecule has 0 bridgehead atoms. The fraction of sp³-hybridized carbons (Fsp3) is 0.538. The van der Waals surface area contributed by atoms with E-state index in [2.05, 4.69) is 5.32 Å². The first kappa shape index (κ1) is 11.5. The van der Waals surface area contributed by atoms with Gasteiger partial charge in [0.25, 0.3) is 5.92 Å². The lowest BCUT2D eigenvalue weighted by Crippen LogP contribution is -2.51. The Morgan fingerprint density at radius 1 is 1.25 bits per heavy atom. The second-order valence-corrected chi connectivity index (χ2v) is 4.84. The van der Waals surface area contributed by atoms with Crippen molar-refractivity contribution in [2.45, 2.75) is 37.6 Å². The van der Waals surface area contributed by atoms with Crippen LogP contribution in [0.25, 0.3) is 0 Å². The maximum atomic E-state index is 13.8. The molecular formula is C13H17F2N. The quantitative estimate of drug-likeness (QED) is 0.829. The summed E-state index contributed by atoms with van der Waals surface area (Å²) in [4.78, 5) is 0. The molecule has 1 nitrogen and oxygen atoms in total. The lowest BCUT2D eigenvalue weighted by Gasteiger charge is -2.40. The van der Waals surface area contributed by atoms with Gasteiger partial charge in [-0.05, 0) is 26.2 Å². The van der Waals surface area contributed by atoms with Crippen molar-refractivity contribution in [2.75, 3.05) is 6.54 Å². The molecule has 1 N–H and O–H groups in total. The van der Waals surface area contributed by atoms with E-state index < -0.39 is 5.92 Å². The minimum Gasteiger partial charge on any atom is -0.306 e. The highest BCUT2D eigenvalue weighted by atomic mass is 19.3. The van der Waals surface area contributed by atoms with Gasteiger partial charge in [0.15, 0.2) is 0 Å². The average Bonchev–Trinajstić information content (AvgIpc) is 2.25. The monoisotopic (exact) mass is 225 g/mol. The van der Waals surface area contributed by atoms with Crippen molar-refractivity contribution < 1.29 is 8.78 Å². The van der Waals surface area contributed by atoms with Crippen LogP contribution < -0.4 is 5.32 Å². The fourth-order valence-corrected chi connectivity index (χ4v) is 1.99. The molecule has 1 aromatic carbocycles. The molecule has 1 aromatic rings. The Labute approximate surface area is 94.9 Å². The van der Waals surface area contributed by atoms with Crippen LogP contribution in [0.15, 0.2) is 30.3 Å². The third kappa shape index (κ3) is 2.40. The van der Waals surface area contributed by atoms with Gasteiger partial charge in [-0.2, -0.15) is 8.78 Å². The van der Waals surface area contributed by atoms with E-state index in [0.717, 1.165) is 19.3 Å². The minimum atomic E-state index is -2.78. The summed E-state index contributed by atoms with van der Waals surface area (Å²) >= 11 is 0. The normalized spacial score (nSPS) is 19.2. The Kier molecular flexibility index (Phi) is 2.98. The van der Waals surface area contributed by atoms with Gasteiger partial charge in [-0.25, -0.2) is 0 Å². The number of nitrogens with one attached hydrogen (secondary N) is 1. The molecule has 2 rings (SSSR count). The van der Waals surface area contributed by atoms with Crippen LogP contribution in [0.5, 0.6) is 0 Å². The predicted molar refractivity (Wildman–Crippen MR) is 60.6 cm³/mol. The fourth-order valence-electron chi connectivity index (χ4n) is 1.99. The van der Waals surface area contributed by atoms with Crippen molar-refractivity contribution in [1.29, 1.82) is 0 Å². The summed E-state index contributed by atoms with van der Waals surface area (Å²) in [6.07, 6.45) is 3.14. The first-order chi connectivity index (χ1) is 7.52. The van der Waals surface area contributed by atoms with Crippen LogP contribution in [0, 0.1) is 0 Å². The Bertz CT molecular complexity index is 344. The van der Waals surface area contributed by atoms with Gasteiger partial charge in [0.1, 0.15) is 0 Å². The maximum Gasteiger partial charge on any atom is 0.285 e. The Morgan fingerprint density at radius 3 is 2.38 bits per heavy atom.